The van der Waals surface area contributed by atoms with E-state index >= 15 is 0 Å². The molecule has 0 aromatic carbocycles. The molecular formula is C12H26N2O3S. The number of nitrogens with zero attached hydrogens (tertiary/aromatic N) is 2. The second-order valence-corrected chi connectivity index (χ2v) is 7.01. The second kappa shape index (κ2) is 6.84. The first-order valence-electron chi connectivity index (χ1n) is 6.77. The number of aliphatic hydroxyl groups is 1. The van der Waals surface area contributed by atoms with Gasteiger partial charge in [0.05, 0.1) is 12.4 Å². The van der Waals surface area contributed by atoms with E-state index < -0.39 is 10.0 Å². The zero-order valence-corrected chi connectivity index (χ0v) is 12.5. The maximum absolute atomic E-state index is 11.4. The van der Waals surface area contributed by atoms with Crippen LogP contribution in [0.2, 0.25) is 0 Å². The molecule has 1 saturated heterocycles. The van der Waals surface area contributed by atoms with Gasteiger partial charge in [0.2, 0.25) is 10.0 Å². The molecule has 6 heteroatoms. The van der Waals surface area contributed by atoms with Crippen LogP contribution in [0.15, 0.2) is 0 Å². The zero-order chi connectivity index (χ0) is 13.8. The Kier molecular flexibility index (Phi) is 6.04. The largest absolute Gasteiger partial charge is 0.391 e. The number of rotatable bonds is 6. The summed E-state index contributed by atoms with van der Waals surface area (Å²) in [5.41, 5.74) is 0. The zero-order valence-electron chi connectivity index (χ0n) is 11.7. The van der Waals surface area contributed by atoms with Crippen molar-refractivity contribution in [2.75, 3.05) is 32.4 Å². The summed E-state index contributed by atoms with van der Waals surface area (Å²) in [5.74, 6) is 0. The van der Waals surface area contributed by atoms with Gasteiger partial charge >= 0.3 is 0 Å². The van der Waals surface area contributed by atoms with Gasteiger partial charge in [-0.05, 0) is 12.8 Å². The molecule has 0 aromatic heterocycles. The van der Waals surface area contributed by atoms with Crippen LogP contribution in [0.25, 0.3) is 0 Å². The van der Waals surface area contributed by atoms with Crippen molar-refractivity contribution in [3.05, 3.63) is 0 Å². The van der Waals surface area contributed by atoms with E-state index in [0.717, 1.165) is 19.3 Å². The lowest BCUT2D eigenvalue weighted by molar-refractivity contribution is 0.0250. The Balaban J connectivity index is 2.55. The topological polar surface area (TPSA) is 60.9 Å². The van der Waals surface area contributed by atoms with Crippen molar-refractivity contribution >= 4 is 10.0 Å². The maximum Gasteiger partial charge on any atom is 0.211 e. The van der Waals surface area contributed by atoms with Crippen LogP contribution in [-0.4, -0.2) is 67.3 Å². The highest BCUT2D eigenvalue weighted by molar-refractivity contribution is 7.88. The van der Waals surface area contributed by atoms with E-state index in [0.29, 0.717) is 26.2 Å². The first-order chi connectivity index (χ1) is 8.40. The molecule has 2 unspecified atom stereocenters. The number of hydrogen-bond acceptors (Lipinski definition) is 4. The Morgan fingerprint density at radius 2 is 1.72 bits per heavy atom. The second-order valence-electron chi connectivity index (χ2n) is 5.03. The van der Waals surface area contributed by atoms with Crippen LogP contribution < -0.4 is 0 Å². The van der Waals surface area contributed by atoms with Crippen LogP contribution in [0.5, 0.6) is 0 Å². The molecule has 0 aromatic rings. The molecular weight excluding hydrogens is 252 g/mol. The van der Waals surface area contributed by atoms with E-state index in [4.69, 9.17) is 0 Å². The Morgan fingerprint density at radius 1 is 1.17 bits per heavy atom. The van der Waals surface area contributed by atoms with Gasteiger partial charge in [0.1, 0.15) is 0 Å². The third-order valence-electron chi connectivity index (χ3n) is 3.66. The van der Waals surface area contributed by atoms with Gasteiger partial charge < -0.3 is 5.11 Å². The molecule has 1 N–H and O–H groups in total. The predicted octanol–water partition coefficient (Wildman–Crippen LogP) is 0.503. The summed E-state index contributed by atoms with van der Waals surface area (Å²) >= 11 is 0. The maximum atomic E-state index is 11.4. The minimum absolute atomic E-state index is 0.159. The summed E-state index contributed by atoms with van der Waals surface area (Å²) in [6.07, 6.45) is 3.64. The number of aliphatic hydroxyl groups excluding tert-OH is 1. The van der Waals surface area contributed by atoms with Gasteiger partial charge in [-0.2, -0.15) is 4.31 Å². The fourth-order valence-electron chi connectivity index (χ4n) is 2.63. The van der Waals surface area contributed by atoms with Crippen LogP contribution in [-0.2, 0) is 10.0 Å². The molecule has 1 rings (SSSR count). The standard InChI is InChI=1S/C12H26N2O3S/c1-4-6-12(15)11(5-2)13-7-9-14(10-8-13)18(3,16)17/h11-12,15H,4-10H2,1-3H3. The molecule has 2 atom stereocenters. The highest BCUT2D eigenvalue weighted by Crippen LogP contribution is 2.16. The van der Waals surface area contributed by atoms with Gasteiger partial charge in [0.25, 0.3) is 0 Å². The fourth-order valence-corrected chi connectivity index (χ4v) is 3.46. The molecule has 0 saturated carbocycles. The lowest BCUT2D eigenvalue weighted by Crippen LogP contribution is -2.54. The molecule has 1 aliphatic heterocycles. The molecule has 1 aliphatic rings. The molecule has 18 heavy (non-hydrogen) atoms. The molecule has 1 heterocycles. The number of piperazine rings is 1. The third kappa shape index (κ3) is 4.19. The van der Waals surface area contributed by atoms with Crippen molar-refractivity contribution < 1.29 is 13.5 Å². The minimum Gasteiger partial charge on any atom is -0.391 e. The van der Waals surface area contributed by atoms with Crippen LogP contribution >= 0.6 is 0 Å². The molecule has 1 fully saturated rings. The van der Waals surface area contributed by atoms with Gasteiger partial charge in [-0.3, -0.25) is 4.90 Å². The molecule has 108 valence electrons. The van der Waals surface area contributed by atoms with Crippen LogP contribution in [0.1, 0.15) is 33.1 Å². The molecule has 0 bridgehead atoms. The first-order valence-corrected chi connectivity index (χ1v) is 8.62. The van der Waals surface area contributed by atoms with E-state index in [1.807, 2.05) is 0 Å². The van der Waals surface area contributed by atoms with E-state index in [9.17, 15) is 13.5 Å². The van der Waals surface area contributed by atoms with Crippen molar-refractivity contribution in [3.63, 3.8) is 0 Å². The highest BCUT2D eigenvalue weighted by atomic mass is 32.2. The van der Waals surface area contributed by atoms with Crippen molar-refractivity contribution in [1.82, 2.24) is 9.21 Å². The van der Waals surface area contributed by atoms with E-state index in [2.05, 4.69) is 18.7 Å². The van der Waals surface area contributed by atoms with Gasteiger partial charge in [-0.1, -0.05) is 20.3 Å². The summed E-state index contributed by atoms with van der Waals surface area (Å²) in [7, 11) is -3.07. The lowest BCUT2D eigenvalue weighted by atomic mass is 10.0. The van der Waals surface area contributed by atoms with Crippen molar-refractivity contribution in [3.8, 4) is 0 Å². The highest BCUT2D eigenvalue weighted by Gasteiger charge is 2.29. The van der Waals surface area contributed by atoms with Crippen molar-refractivity contribution in [2.24, 2.45) is 0 Å². The minimum atomic E-state index is -3.07. The van der Waals surface area contributed by atoms with E-state index in [-0.39, 0.29) is 12.1 Å². The smallest absolute Gasteiger partial charge is 0.211 e. The SMILES string of the molecule is CCCC(O)C(CC)N1CCN(S(C)(=O)=O)CC1. The van der Waals surface area contributed by atoms with Crippen molar-refractivity contribution in [1.29, 1.82) is 0 Å². The van der Waals surface area contributed by atoms with Crippen LogP contribution in [0, 0.1) is 0 Å². The summed E-state index contributed by atoms with van der Waals surface area (Å²) < 4.78 is 24.4. The Labute approximate surface area is 111 Å². The molecule has 0 aliphatic carbocycles. The monoisotopic (exact) mass is 278 g/mol. The summed E-state index contributed by atoms with van der Waals surface area (Å²) in [6.45, 7) is 6.64. The van der Waals surface area contributed by atoms with E-state index in [1.165, 1.54) is 10.6 Å². The summed E-state index contributed by atoms with van der Waals surface area (Å²) in [4.78, 5) is 2.22. The quantitative estimate of drug-likeness (QED) is 0.769. The fraction of sp³-hybridized carbons (Fsp3) is 1.00. The van der Waals surface area contributed by atoms with Crippen molar-refractivity contribution in [2.45, 2.75) is 45.3 Å². The first kappa shape index (κ1) is 15.9. The number of sulfonamides is 1. The molecule has 0 spiro atoms. The Bertz CT molecular complexity index is 337. The van der Waals surface area contributed by atoms with Gasteiger partial charge in [0.15, 0.2) is 0 Å². The predicted molar refractivity (Wildman–Crippen MR) is 73.0 cm³/mol. The van der Waals surface area contributed by atoms with Crippen LogP contribution in [0.3, 0.4) is 0 Å². The summed E-state index contributed by atoms with van der Waals surface area (Å²) in [5, 5.41) is 10.1. The average Bonchev–Trinajstić information content (AvgIpc) is 2.30. The average molecular weight is 278 g/mol. The van der Waals surface area contributed by atoms with E-state index in [1.54, 1.807) is 0 Å². The van der Waals surface area contributed by atoms with Gasteiger partial charge in [-0.25, -0.2) is 8.42 Å². The molecule has 0 radical (unpaired) electrons. The van der Waals surface area contributed by atoms with Gasteiger partial charge in [0, 0.05) is 32.2 Å². The summed E-state index contributed by atoms with van der Waals surface area (Å²) in [6, 6.07) is 0.159. The molecule has 5 nitrogen and oxygen atoms in total. The number of hydrogen-bond donors (Lipinski definition) is 1. The molecule has 0 amide bonds. The normalized spacial score (nSPS) is 22.9. The van der Waals surface area contributed by atoms with Crippen LogP contribution in [0.4, 0.5) is 0 Å². The Hall–Kier alpha value is -0.170. The lowest BCUT2D eigenvalue weighted by Gasteiger charge is -2.39. The third-order valence-corrected chi connectivity index (χ3v) is 4.96. The Morgan fingerprint density at radius 3 is 2.11 bits per heavy atom. The van der Waals surface area contributed by atoms with Gasteiger partial charge in [-0.15, -0.1) is 0 Å².